The van der Waals surface area contributed by atoms with Gasteiger partial charge in [-0.15, -0.1) is 0 Å². The van der Waals surface area contributed by atoms with Crippen molar-refractivity contribution in [2.75, 3.05) is 11.9 Å². The molecule has 2 N–H and O–H groups in total. The van der Waals surface area contributed by atoms with Crippen LogP contribution in [-0.4, -0.2) is 27.7 Å². The van der Waals surface area contributed by atoms with Crippen molar-refractivity contribution in [1.29, 1.82) is 0 Å². The number of aromatic nitrogens is 2. The number of rotatable bonds is 4. The van der Waals surface area contributed by atoms with Crippen molar-refractivity contribution in [1.82, 2.24) is 9.97 Å². The fourth-order valence-corrected chi connectivity index (χ4v) is 1.03. The molecule has 0 aromatic carbocycles. The Morgan fingerprint density at radius 3 is 2.59 bits per heavy atom. The molecule has 96 valence electrons. The minimum atomic E-state index is -4.49. The van der Waals surface area contributed by atoms with E-state index < -0.39 is 18.0 Å². The van der Waals surface area contributed by atoms with Gasteiger partial charge in [-0.25, -0.2) is 9.97 Å². The summed E-state index contributed by atoms with van der Waals surface area (Å²) in [6.07, 6.45) is -4.12. The van der Waals surface area contributed by atoms with Crippen LogP contribution in [0.15, 0.2) is 12.3 Å². The van der Waals surface area contributed by atoms with Gasteiger partial charge in [0.1, 0.15) is 5.69 Å². The predicted octanol–water partition coefficient (Wildman–Crippen LogP) is 1.92. The number of hydrogen-bond acceptors (Lipinski definition) is 4. The number of aliphatic hydroxyl groups excluding tert-OH is 1. The Hall–Kier alpha value is -1.37. The molecule has 1 atom stereocenters. The summed E-state index contributed by atoms with van der Waals surface area (Å²) in [6, 6.07) is 0.796. The first-order valence-corrected chi connectivity index (χ1v) is 5.13. The molecule has 4 nitrogen and oxygen atoms in total. The van der Waals surface area contributed by atoms with E-state index in [1.54, 1.807) is 13.8 Å². The largest absolute Gasteiger partial charge is 0.433 e. The van der Waals surface area contributed by atoms with Crippen LogP contribution >= 0.6 is 0 Å². The summed E-state index contributed by atoms with van der Waals surface area (Å²) in [5, 5.41) is 12.0. The lowest BCUT2D eigenvalue weighted by molar-refractivity contribution is -0.141. The molecular weight excluding hydrogens is 235 g/mol. The molecule has 0 fully saturated rings. The van der Waals surface area contributed by atoms with E-state index in [0.29, 0.717) is 0 Å². The molecule has 1 aromatic heterocycles. The summed E-state index contributed by atoms with van der Waals surface area (Å²) in [4.78, 5) is 6.97. The third-order valence-corrected chi connectivity index (χ3v) is 2.18. The first-order valence-electron chi connectivity index (χ1n) is 5.13. The van der Waals surface area contributed by atoms with E-state index in [0.717, 1.165) is 12.3 Å². The lowest BCUT2D eigenvalue weighted by Crippen LogP contribution is -2.25. The number of alkyl halides is 3. The van der Waals surface area contributed by atoms with Gasteiger partial charge in [0.05, 0.1) is 6.10 Å². The molecule has 1 rings (SSSR count). The van der Waals surface area contributed by atoms with Crippen LogP contribution in [0, 0.1) is 5.92 Å². The minimum absolute atomic E-state index is 0.00768. The molecule has 1 heterocycles. The van der Waals surface area contributed by atoms with Crippen molar-refractivity contribution in [2.45, 2.75) is 26.1 Å². The summed E-state index contributed by atoms with van der Waals surface area (Å²) >= 11 is 0. The Labute approximate surface area is 96.9 Å². The second-order valence-corrected chi connectivity index (χ2v) is 3.96. The number of anilines is 1. The molecule has 7 heteroatoms. The summed E-state index contributed by atoms with van der Waals surface area (Å²) in [6.45, 7) is 3.72. The van der Waals surface area contributed by atoms with Gasteiger partial charge < -0.3 is 10.4 Å². The van der Waals surface area contributed by atoms with Crippen LogP contribution in [0.25, 0.3) is 0 Å². The zero-order valence-electron chi connectivity index (χ0n) is 9.49. The highest BCUT2D eigenvalue weighted by Crippen LogP contribution is 2.27. The first-order chi connectivity index (χ1) is 7.80. The summed E-state index contributed by atoms with van der Waals surface area (Å²) in [5.74, 6) is -0.132. The van der Waals surface area contributed by atoms with Crippen LogP contribution in [0.1, 0.15) is 19.5 Å². The van der Waals surface area contributed by atoms with Crippen LogP contribution in [0.4, 0.5) is 19.1 Å². The molecule has 0 aliphatic carbocycles. The van der Waals surface area contributed by atoms with Crippen LogP contribution in [0.2, 0.25) is 0 Å². The van der Waals surface area contributed by atoms with Crippen molar-refractivity contribution < 1.29 is 18.3 Å². The molecule has 0 amide bonds. The highest BCUT2D eigenvalue weighted by molar-refractivity contribution is 5.26. The standard InChI is InChI=1S/C10H14F3N3O/c1-6(2)7(17)5-15-9-14-4-3-8(16-9)10(11,12)13/h3-4,6-7,17H,5H2,1-2H3,(H,14,15,16). The van der Waals surface area contributed by atoms with Gasteiger partial charge in [-0.05, 0) is 12.0 Å². The topological polar surface area (TPSA) is 58.0 Å². The van der Waals surface area contributed by atoms with Crippen molar-refractivity contribution >= 4 is 5.95 Å². The van der Waals surface area contributed by atoms with Gasteiger partial charge in [0.2, 0.25) is 5.95 Å². The summed E-state index contributed by atoms with van der Waals surface area (Å²) in [5.41, 5.74) is -1.01. The minimum Gasteiger partial charge on any atom is -0.391 e. The third kappa shape index (κ3) is 4.18. The van der Waals surface area contributed by atoms with Gasteiger partial charge in [0.25, 0.3) is 0 Å². The average Bonchev–Trinajstić information content (AvgIpc) is 2.25. The number of halogens is 3. The van der Waals surface area contributed by atoms with Gasteiger partial charge in [0.15, 0.2) is 0 Å². The predicted molar refractivity (Wildman–Crippen MR) is 56.4 cm³/mol. The van der Waals surface area contributed by atoms with Gasteiger partial charge in [-0.1, -0.05) is 13.8 Å². The van der Waals surface area contributed by atoms with Gasteiger partial charge >= 0.3 is 6.18 Å². The first kappa shape index (κ1) is 13.7. The maximum absolute atomic E-state index is 12.3. The zero-order chi connectivity index (χ0) is 13.1. The molecule has 0 saturated carbocycles. The van der Waals surface area contributed by atoms with Crippen LogP contribution < -0.4 is 5.32 Å². The second-order valence-electron chi connectivity index (χ2n) is 3.96. The molecule has 0 spiro atoms. The number of aliphatic hydroxyl groups is 1. The smallest absolute Gasteiger partial charge is 0.391 e. The molecule has 1 aromatic rings. The lowest BCUT2D eigenvalue weighted by Gasteiger charge is -2.15. The SMILES string of the molecule is CC(C)C(O)CNc1nccc(C(F)(F)F)n1. The molecule has 17 heavy (non-hydrogen) atoms. The second kappa shape index (κ2) is 5.31. The Morgan fingerprint density at radius 2 is 2.06 bits per heavy atom. The Balaban J connectivity index is 2.67. The monoisotopic (exact) mass is 249 g/mol. The van der Waals surface area contributed by atoms with Crippen molar-refractivity contribution in [3.05, 3.63) is 18.0 Å². The van der Waals surface area contributed by atoms with Crippen molar-refractivity contribution in [3.63, 3.8) is 0 Å². The number of nitrogens with zero attached hydrogens (tertiary/aromatic N) is 2. The number of nitrogens with one attached hydrogen (secondary N) is 1. The molecule has 1 unspecified atom stereocenters. The Morgan fingerprint density at radius 1 is 1.41 bits per heavy atom. The van der Waals surface area contributed by atoms with E-state index in [4.69, 9.17) is 0 Å². The van der Waals surface area contributed by atoms with E-state index in [9.17, 15) is 18.3 Å². The van der Waals surface area contributed by atoms with E-state index in [1.807, 2.05) is 0 Å². The average molecular weight is 249 g/mol. The van der Waals surface area contributed by atoms with Crippen LogP contribution in [0.5, 0.6) is 0 Å². The fourth-order valence-electron chi connectivity index (χ4n) is 1.03. The van der Waals surface area contributed by atoms with Gasteiger partial charge in [-0.3, -0.25) is 0 Å². The van der Waals surface area contributed by atoms with E-state index in [1.165, 1.54) is 0 Å². The van der Waals surface area contributed by atoms with Crippen molar-refractivity contribution in [2.24, 2.45) is 5.92 Å². The zero-order valence-corrected chi connectivity index (χ0v) is 9.49. The quantitative estimate of drug-likeness (QED) is 0.856. The van der Waals surface area contributed by atoms with E-state index in [2.05, 4.69) is 15.3 Å². The molecule has 0 bridgehead atoms. The molecule has 0 saturated heterocycles. The van der Waals surface area contributed by atoms with Gasteiger partial charge in [-0.2, -0.15) is 13.2 Å². The summed E-state index contributed by atoms with van der Waals surface area (Å²) < 4.78 is 37.0. The fraction of sp³-hybridized carbons (Fsp3) is 0.600. The maximum atomic E-state index is 12.3. The molecular formula is C10H14F3N3O. The Kier molecular flexibility index (Phi) is 4.28. The lowest BCUT2D eigenvalue weighted by atomic mass is 10.1. The van der Waals surface area contributed by atoms with Crippen LogP contribution in [0.3, 0.4) is 0 Å². The number of hydrogen-bond donors (Lipinski definition) is 2. The molecule has 0 aliphatic rings. The molecule has 0 aliphatic heterocycles. The normalized spacial score (nSPS) is 13.8. The maximum Gasteiger partial charge on any atom is 0.433 e. The molecule has 0 radical (unpaired) electrons. The van der Waals surface area contributed by atoms with Crippen molar-refractivity contribution in [3.8, 4) is 0 Å². The van der Waals surface area contributed by atoms with Crippen LogP contribution in [-0.2, 0) is 6.18 Å². The van der Waals surface area contributed by atoms with E-state index >= 15 is 0 Å². The third-order valence-electron chi connectivity index (χ3n) is 2.18. The summed E-state index contributed by atoms with van der Waals surface area (Å²) in [7, 11) is 0. The highest BCUT2D eigenvalue weighted by Gasteiger charge is 2.32. The van der Waals surface area contributed by atoms with Gasteiger partial charge in [0, 0.05) is 12.7 Å². The highest BCUT2D eigenvalue weighted by atomic mass is 19.4. The Bertz CT molecular complexity index is 368. The van der Waals surface area contributed by atoms with E-state index in [-0.39, 0.29) is 18.4 Å².